The van der Waals surface area contributed by atoms with Crippen LogP contribution in [0.3, 0.4) is 0 Å². The van der Waals surface area contributed by atoms with Crippen LogP contribution < -0.4 is 0 Å². The molecular formula is C2ClF6O3P. The summed E-state index contributed by atoms with van der Waals surface area (Å²) in [5, 5.41) is 0. The quantitative estimate of drug-likeness (QED) is 0.558. The zero-order valence-corrected chi connectivity index (χ0v) is 6.97. The summed E-state index contributed by atoms with van der Waals surface area (Å²) in [6.45, 7) is -5.71. The number of hydrogen-bond acceptors (Lipinski definition) is 3. The lowest BCUT2D eigenvalue weighted by Crippen LogP contribution is -2.16. The third kappa shape index (κ3) is 8.35. The number of alkyl halides is 6. The van der Waals surface area contributed by atoms with Crippen LogP contribution in [-0.4, -0.2) is 12.7 Å². The van der Waals surface area contributed by atoms with Crippen LogP contribution in [0.4, 0.5) is 26.3 Å². The van der Waals surface area contributed by atoms with Crippen LogP contribution >= 0.6 is 18.2 Å². The van der Waals surface area contributed by atoms with E-state index in [0.717, 1.165) is 0 Å². The van der Waals surface area contributed by atoms with Crippen molar-refractivity contribution in [3.8, 4) is 0 Å². The summed E-state index contributed by atoms with van der Waals surface area (Å²) in [5.41, 5.74) is 0. The topological polar surface area (TPSA) is 35.5 Å². The molecule has 0 aromatic carbocycles. The van der Waals surface area contributed by atoms with Gasteiger partial charge in [-0.1, -0.05) is 0 Å². The smallest absolute Gasteiger partial charge is 0.240 e. The van der Waals surface area contributed by atoms with Gasteiger partial charge in [0.15, 0.2) is 0 Å². The average Bonchev–Trinajstić information content (AvgIpc) is 1.43. The molecule has 0 saturated heterocycles. The molecule has 0 bridgehead atoms. The molecule has 0 aliphatic heterocycles. The van der Waals surface area contributed by atoms with Crippen molar-refractivity contribution in [2.75, 3.05) is 0 Å². The normalized spacial score (nSPS) is 14.7. The van der Waals surface area contributed by atoms with Gasteiger partial charge in [0.1, 0.15) is 0 Å². The van der Waals surface area contributed by atoms with Crippen molar-refractivity contribution in [3.63, 3.8) is 0 Å². The SMILES string of the molecule is O=P(Cl)(OC(F)(F)F)OC(F)(F)F. The summed E-state index contributed by atoms with van der Waals surface area (Å²) in [6, 6.07) is 0. The first-order valence-electron chi connectivity index (χ1n) is 2.26. The van der Waals surface area contributed by atoms with E-state index in [1.807, 2.05) is 0 Å². The Morgan fingerprint density at radius 1 is 0.923 bits per heavy atom. The lowest BCUT2D eigenvalue weighted by Gasteiger charge is -2.14. The number of rotatable bonds is 2. The molecule has 0 aromatic heterocycles. The summed E-state index contributed by atoms with van der Waals surface area (Å²) >= 11 is 4.18. The van der Waals surface area contributed by atoms with Crippen LogP contribution in [0, 0.1) is 0 Å². The second-order valence-corrected chi connectivity index (χ2v) is 3.97. The van der Waals surface area contributed by atoms with E-state index in [1.54, 1.807) is 0 Å². The Morgan fingerprint density at radius 2 is 1.15 bits per heavy atom. The first-order valence-corrected chi connectivity index (χ1v) is 4.71. The molecule has 0 rings (SSSR count). The van der Waals surface area contributed by atoms with E-state index in [-0.39, 0.29) is 0 Å². The highest BCUT2D eigenvalue weighted by atomic mass is 35.7. The van der Waals surface area contributed by atoms with Crippen LogP contribution in [0.15, 0.2) is 0 Å². The van der Waals surface area contributed by atoms with E-state index < -0.39 is 19.7 Å². The van der Waals surface area contributed by atoms with Crippen molar-refractivity contribution in [1.82, 2.24) is 0 Å². The molecule has 11 heteroatoms. The van der Waals surface area contributed by atoms with Crippen LogP contribution in [0.2, 0.25) is 0 Å². The van der Waals surface area contributed by atoms with E-state index in [0.29, 0.717) is 0 Å². The molecule has 0 atom stereocenters. The van der Waals surface area contributed by atoms with Crippen LogP contribution in [0.1, 0.15) is 0 Å². The minimum absolute atomic E-state index is 2.38. The summed E-state index contributed by atoms with van der Waals surface area (Å²) in [4.78, 5) is 0. The van der Waals surface area contributed by atoms with Gasteiger partial charge in [0.25, 0.3) is 0 Å². The lowest BCUT2D eigenvalue weighted by atomic mass is 11.4. The number of halogens is 7. The molecule has 0 heterocycles. The fraction of sp³-hybridized carbons (Fsp3) is 1.00. The number of hydrogen-bond donors (Lipinski definition) is 0. The van der Waals surface area contributed by atoms with Crippen molar-refractivity contribution in [3.05, 3.63) is 0 Å². The maximum atomic E-state index is 11.2. The van der Waals surface area contributed by atoms with Crippen molar-refractivity contribution in [1.29, 1.82) is 0 Å². The Labute approximate surface area is 71.9 Å². The second-order valence-electron chi connectivity index (χ2n) is 1.50. The van der Waals surface area contributed by atoms with Gasteiger partial charge in [-0.2, -0.15) is 0 Å². The summed E-state index contributed by atoms with van der Waals surface area (Å²) in [6.07, 6.45) is -11.1. The van der Waals surface area contributed by atoms with Crippen molar-refractivity contribution >= 4 is 18.2 Å². The van der Waals surface area contributed by atoms with Gasteiger partial charge in [-0.15, -0.1) is 26.3 Å². The Bertz CT molecular complexity index is 201. The summed E-state index contributed by atoms with van der Waals surface area (Å²) in [7, 11) is 0. The lowest BCUT2D eigenvalue weighted by molar-refractivity contribution is -0.304. The van der Waals surface area contributed by atoms with Gasteiger partial charge in [-0.25, -0.2) is 13.6 Å². The largest absolute Gasteiger partial charge is 0.530 e. The highest BCUT2D eigenvalue weighted by molar-refractivity contribution is 7.81. The van der Waals surface area contributed by atoms with E-state index in [1.165, 1.54) is 0 Å². The van der Waals surface area contributed by atoms with Gasteiger partial charge in [0.05, 0.1) is 0 Å². The van der Waals surface area contributed by atoms with Gasteiger partial charge in [-0.05, 0) is 0 Å². The standard InChI is InChI=1S/C2ClF6O3P/c3-13(10,11-1(4,5)6)12-2(7,8)9. The molecule has 0 aromatic rings. The molecule has 0 radical (unpaired) electrons. The molecule has 0 aliphatic carbocycles. The summed E-state index contributed by atoms with van der Waals surface area (Å²) in [5.74, 6) is 0. The highest BCUT2D eigenvalue weighted by Crippen LogP contribution is 2.60. The van der Waals surface area contributed by atoms with Crippen LogP contribution in [0.5, 0.6) is 0 Å². The van der Waals surface area contributed by atoms with Gasteiger partial charge in [0.2, 0.25) is 0 Å². The predicted molar refractivity (Wildman–Crippen MR) is 27.7 cm³/mol. The van der Waals surface area contributed by atoms with E-state index in [4.69, 9.17) is 0 Å². The van der Waals surface area contributed by atoms with Crippen LogP contribution in [-0.2, 0) is 13.6 Å². The minimum Gasteiger partial charge on any atom is -0.240 e. The zero-order chi connectivity index (χ0) is 10.9. The molecule has 80 valence electrons. The zero-order valence-electron chi connectivity index (χ0n) is 5.32. The predicted octanol–water partition coefficient (Wildman–Crippen LogP) is 3.41. The highest BCUT2D eigenvalue weighted by Gasteiger charge is 2.47. The fourth-order valence-corrected chi connectivity index (χ4v) is 1.27. The van der Waals surface area contributed by atoms with Gasteiger partial charge in [0, 0.05) is 11.2 Å². The second kappa shape index (κ2) is 3.64. The third-order valence-corrected chi connectivity index (χ3v) is 1.69. The first kappa shape index (κ1) is 13.0. The third-order valence-electron chi connectivity index (χ3n) is 0.425. The maximum Gasteiger partial charge on any atom is 0.530 e. The Hall–Kier alpha value is 0.0200. The molecule has 0 saturated carbocycles. The molecule has 0 fully saturated rings. The monoisotopic (exact) mass is 252 g/mol. The molecule has 0 amide bonds. The van der Waals surface area contributed by atoms with Crippen LogP contribution in [0.25, 0.3) is 0 Å². The fourth-order valence-electron chi connectivity index (χ4n) is 0.266. The Balaban J connectivity index is 4.35. The van der Waals surface area contributed by atoms with E-state index in [2.05, 4.69) is 20.3 Å². The molecule has 0 aliphatic rings. The van der Waals surface area contributed by atoms with Gasteiger partial charge >= 0.3 is 19.7 Å². The molecule has 3 nitrogen and oxygen atoms in total. The maximum absolute atomic E-state index is 11.2. The van der Waals surface area contributed by atoms with E-state index in [9.17, 15) is 30.9 Å². The molecular weight excluding hydrogens is 252 g/mol. The Morgan fingerprint density at radius 3 is 1.31 bits per heavy atom. The van der Waals surface area contributed by atoms with Crippen molar-refractivity contribution in [2.45, 2.75) is 12.7 Å². The average molecular weight is 252 g/mol. The molecule has 0 spiro atoms. The summed E-state index contributed by atoms with van der Waals surface area (Å²) < 4.78 is 82.1. The van der Waals surface area contributed by atoms with Gasteiger partial charge < -0.3 is 0 Å². The molecule has 0 unspecified atom stereocenters. The molecule has 0 N–H and O–H groups in total. The molecule has 13 heavy (non-hydrogen) atoms. The van der Waals surface area contributed by atoms with Crippen molar-refractivity contribution < 1.29 is 40.0 Å². The van der Waals surface area contributed by atoms with Crippen molar-refractivity contribution in [2.24, 2.45) is 0 Å². The first-order chi connectivity index (χ1) is 5.41. The van der Waals surface area contributed by atoms with E-state index >= 15 is 0 Å². The Kier molecular flexibility index (Phi) is 3.65. The minimum atomic E-state index is -5.71. The van der Waals surface area contributed by atoms with Gasteiger partial charge in [-0.3, -0.25) is 0 Å².